The SMILES string of the molecule is COC(=O)C=Cc1c(Cl)nc(C)n1Cc1ccc(-c2ccccc2)cc1Cl. The Kier molecular flexibility index (Phi) is 5.99. The highest BCUT2D eigenvalue weighted by molar-refractivity contribution is 6.31. The third kappa shape index (κ3) is 4.41. The van der Waals surface area contributed by atoms with Crippen LogP contribution >= 0.6 is 23.2 Å². The molecule has 4 nitrogen and oxygen atoms in total. The summed E-state index contributed by atoms with van der Waals surface area (Å²) in [5, 5.41) is 0.980. The molecule has 3 rings (SSSR count). The minimum Gasteiger partial charge on any atom is -0.466 e. The van der Waals surface area contributed by atoms with E-state index in [1.165, 1.54) is 13.2 Å². The van der Waals surface area contributed by atoms with E-state index in [0.29, 0.717) is 22.4 Å². The maximum absolute atomic E-state index is 11.4. The zero-order valence-corrected chi connectivity index (χ0v) is 16.5. The molecule has 6 heteroatoms. The van der Waals surface area contributed by atoms with Crippen molar-refractivity contribution >= 4 is 35.2 Å². The molecule has 0 radical (unpaired) electrons. The van der Waals surface area contributed by atoms with Gasteiger partial charge in [0.1, 0.15) is 5.82 Å². The molecule has 0 saturated carbocycles. The third-order valence-corrected chi connectivity index (χ3v) is 4.85. The van der Waals surface area contributed by atoms with Gasteiger partial charge >= 0.3 is 5.97 Å². The van der Waals surface area contributed by atoms with Crippen LogP contribution in [-0.4, -0.2) is 22.6 Å². The Morgan fingerprint density at radius 1 is 1.15 bits per heavy atom. The summed E-state index contributed by atoms with van der Waals surface area (Å²) in [5.41, 5.74) is 3.72. The molecule has 0 spiro atoms. The monoisotopic (exact) mass is 400 g/mol. The van der Waals surface area contributed by atoms with Crippen molar-refractivity contribution in [3.63, 3.8) is 0 Å². The van der Waals surface area contributed by atoms with Gasteiger partial charge in [-0.25, -0.2) is 9.78 Å². The molecule has 0 aliphatic heterocycles. The first-order valence-electron chi connectivity index (χ1n) is 8.32. The van der Waals surface area contributed by atoms with Crippen LogP contribution in [0.3, 0.4) is 0 Å². The van der Waals surface area contributed by atoms with Crippen molar-refractivity contribution in [1.82, 2.24) is 9.55 Å². The Morgan fingerprint density at radius 2 is 1.89 bits per heavy atom. The molecule has 0 fully saturated rings. The first kappa shape index (κ1) is 19.2. The van der Waals surface area contributed by atoms with Crippen LogP contribution in [0.4, 0.5) is 0 Å². The van der Waals surface area contributed by atoms with E-state index >= 15 is 0 Å². The van der Waals surface area contributed by atoms with Crippen LogP contribution in [0.15, 0.2) is 54.6 Å². The summed E-state index contributed by atoms with van der Waals surface area (Å²) in [7, 11) is 1.32. The highest BCUT2D eigenvalue weighted by Crippen LogP contribution is 2.28. The number of imidazole rings is 1. The van der Waals surface area contributed by atoms with Gasteiger partial charge in [0.25, 0.3) is 0 Å². The molecule has 0 aliphatic carbocycles. The van der Waals surface area contributed by atoms with E-state index in [4.69, 9.17) is 23.2 Å². The van der Waals surface area contributed by atoms with E-state index in [1.807, 2.05) is 60.0 Å². The fraction of sp³-hybridized carbons (Fsp3) is 0.143. The number of halogens is 2. The van der Waals surface area contributed by atoms with Crippen molar-refractivity contribution in [2.75, 3.05) is 7.11 Å². The second kappa shape index (κ2) is 8.42. The molecule has 0 saturated heterocycles. The number of hydrogen-bond acceptors (Lipinski definition) is 3. The number of rotatable bonds is 5. The van der Waals surface area contributed by atoms with Crippen LogP contribution in [-0.2, 0) is 16.1 Å². The first-order valence-corrected chi connectivity index (χ1v) is 9.07. The number of aromatic nitrogens is 2. The van der Waals surface area contributed by atoms with Gasteiger partial charge in [-0.3, -0.25) is 0 Å². The smallest absolute Gasteiger partial charge is 0.330 e. The molecule has 0 N–H and O–H groups in total. The number of hydrogen-bond donors (Lipinski definition) is 0. The van der Waals surface area contributed by atoms with Crippen LogP contribution in [0.2, 0.25) is 10.2 Å². The molecule has 3 aromatic rings. The maximum Gasteiger partial charge on any atom is 0.330 e. The van der Waals surface area contributed by atoms with E-state index in [9.17, 15) is 4.79 Å². The maximum atomic E-state index is 11.4. The second-order valence-corrected chi connectivity index (χ2v) is 6.72. The number of aryl methyl sites for hydroxylation is 1. The van der Waals surface area contributed by atoms with Crippen molar-refractivity contribution in [2.24, 2.45) is 0 Å². The molecule has 0 amide bonds. The highest BCUT2D eigenvalue weighted by Gasteiger charge is 2.13. The van der Waals surface area contributed by atoms with Gasteiger partial charge < -0.3 is 9.30 Å². The van der Waals surface area contributed by atoms with Gasteiger partial charge in [-0.2, -0.15) is 0 Å². The first-order chi connectivity index (χ1) is 13.0. The van der Waals surface area contributed by atoms with Gasteiger partial charge in [0.05, 0.1) is 19.3 Å². The summed E-state index contributed by atoms with van der Waals surface area (Å²) in [6, 6.07) is 16.0. The number of nitrogens with zero attached hydrogens (tertiary/aromatic N) is 2. The lowest BCUT2D eigenvalue weighted by Crippen LogP contribution is -2.05. The number of benzene rings is 2. The zero-order chi connectivity index (χ0) is 19.4. The summed E-state index contributed by atoms with van der Waals surface area (Å²) in [6.07, 6.45) is 2.92. The lowest BCUT2D eigenvalue weighted by Gasteiger charge is -2.11. The Bertz CT molecular complexity index is 995. The predicted octanol–water partition coefficient (Wildman–Crippen LogP) is 5.40. The molecule has 1 aromatic heterocycles. The molecular formula is C21H18Cl2N2O2. The average Bonchev–Trinajstić information content (AvgIpc) is 2.94. The van der Waals surface area contributed by atoms with Crippen molar-refractivity contribution in [1.29, 1.82) is 0 Å². The summed E-state index contributed by atoms with van der Waals surface area (Å²) in [4.78, 5) is 15.7. The fourth-order valence-corrected chi connectivity index (χ4v) is 3.30. The van der Waals surface area contributed by atoms with Crippen molar-refractivity contribution in [3.8, 4) is 11.1 Å². The number of ether oxygens (including phenoxy) is 1. The van der Waals surface area contributed by atoms with Crippen molar-refractivity contribution < 1.29 is 9.53 Å². The van der Waals surface area contributed by atoms with Crippen LogP contribution in [0.1, 0.15) is 17.1 Å². The van der Waals surface area contributed by atoms with Crippen LogP contribution in [0.25, 0.3) is 17.2 Å². The van der Waals surface area contributed by atoms with Crippen molar-refractivity contribution in [2.45, 2.75) is 13.5 Å². The van der Waals surface area contributed by atoms with E-state index in [2.05, 4.69) is 9.72 Å². The van der Waals surface area contributed by atoms with Gasteiger partial charge in [-0.15, -0.1) is 0 Å². The largest absolute Gasteiger partial charge is 0.466 e. The van der Waals surface area contributed by atoms with E-state index in [0.717, 1.165) is 22.5 Å². The van der Waals surface area contributed by atoms with E-state index in [1.54, 1.807) is 6.08 Å². The topological polar surface area (TPSA) is 44.1 Å². The van der Waals surface area contributed by atoms with Crippen LogP contribution < -0.4 is 0 Å². The quantitative estimate of drug-likeness (QED) is 0.425. The Hall–Kier alpha value is -2.56. The summed E-state index contributed by atoms with van der Waals surface area (Å²) >= 11 is 12.8. The standard InChI is InChI=1S/C21H18Cl2N2O2/c1-14-24-21(23)19(10-11-20(26)27-2)25(14)13-17-9-8-16(12-18(17)22)15-6-4-3-5-7-15/h3-12H,13H2,1-2H3. The molecule has 1 heterocycles. The Balaban J connectivity index is 1.92. The summed E-state index contributed by atoms with van der Waals surface area (Å²) in [5.74, 6) is 0.273. The van der Waals surface area contributed by atoms with E-state index < -0.39 is 5.97 Å². The third-order valence-electron chi connectivity index (χ3n) is 4.22. The zero-order valence-electron chi connectivity index (χ0n) is 14.9. The number of esters is 1. The van der Waals surface area contributed by atoms with Gasteiger partial charge in [0.15, 0.2) is 5.15 Å². The highest BCUT2D eigenvalue weighted by atomic mass is 35.5. The number of carbonyl (C=O) groups is 1. The molecular weight excluding hydrogens is 383 g/mol. The average molecular weight is 401 g/mol. The van der Waals surface area contributed by atoms with Gasteiger partial charge in [0.2, 0.25) is 0 Å². The lowest BCUT2D eigenvalue weighted by atomic mass is 10.0. The van der Waals surface area contributed by atoms with Gasteiger partial charge in [0, 0.05) is 11.1 Å². The van der Waals surface area contributed by atoms with Crippen LogP contribution in [0.5, 0.6) is 0 Å². The van der Waals surface area contributed by atoms with Crippen LogP contribution in [0, 0.1) is 6.92 Å². The second-order valence-electron chi connectivity index (χ2n) is 5.95. The fourth-order valence-electron chi connectivity index (χ4n) is 2.77. The van der Waals surface area contributed by atoms with Gasteiger partial charge in [-0.1, -0.05) is 65.7 Å². The number of methoxy groups -OCH3 is 1. The summed E-state index contributed by atoms with van der Waals surface area (Å²) < 4.78 is 6.54. The Morgan fingerprint density at radius 3 is 2.56 bits per heavy atom. The molecule has 0 unspecified atom stereocenters. The number of carbonyl (C=O) groups excluding carboxylic acids is 1. The minimum absolute atomic E-state index is 0.324. The van der Waals surface area contributed by atoms with Gasteiger partial charge in [-0.05, 0) is 35.8 Å². The molecule has 0 aliphatic rings. The molecule has 138 valence electrons. The normalized spacial score (nSPS) is 11.1. The molecule has 2 aromatic carbocycles. The minimum atomic E-state index is -0.457. The van der Waals surface area contributed by atoms with Crippen molar-refractivity contribution in [3.05, 3.63) is 81.9 Å². The molecule has 0 atom stereocenters. The van der Waals surface area contributed by atoms with E-state index in [-0.39, 0.29) is 0 Å². The predicted molar refractivity (Wildman–Crippen MR) is 109 cm³/mol. The lowest BCUT2D eigenvalue weighted by molar-refractivity contribution is -0.134. The molecule has 27 heavy (non-hydrogen) atoms. The summed E-state index contributed by atoms with van der Waals surface area (Å²) in [6.45, 7) is 2.34. The Labute approximate surface area is 168 Å². The molecule has 0 bridgehead atoms.